The van der Waals surface area contributed by atoms with Gasteiger partial charge >= 0.3 is 0 Å². The van der Waals surface area contributed by atoms with Gasteiger partial charge in [-0.2, -0.15) is 0 Å². The summed E-state index contributed by atoms with van der Waals surface area (Å²) in [6.07, 6.45) is 0. The van der Waals surface area contributed by atoms with E-state index in [0.717, 1.165) is 34.4 Å². The molecule has 0 heterocycles. The van der Waals surface area contributed by atoms with Crippen LogP contribution in [-0.4, -0.2) is 19.8 Å². The molecule has 0 aliphatic heterocycles. The van der Waals surface area contributed by atoms with Gasteiger partial charge in [-0.15, -0.1) is 0 Å². The minimum absolute atomic E-state index is 0.490. The Morgan fingerprint density at radius 2 is 1.19 bits per heavy atom. The molecule has 0 unspecified atom stereocenters. The molecule has 0 saturated heterocycles. The fourth-order valence-corrected chi connectivity index (χ4v) is 6.39. The third kappa shape index (κ3) is 4.53. The lowest BCUT2D eigenvalue weighted by Gasteiger charge is -2.26. The quantitative estimate of drug-likeness (QED) is 0.247. The summed E-state index contributed by atoms with van der Waals surface area (Å²) >= 11 is 5.83. The van der Waals surface area contributed by atoms with Crippen molar-refractivity contribution in [2.24, 2.45) is 0 Å². The smallest absolute Gasteiger partial charge is 0.287 e. The molecule has 4 rings (SSSR count). The molecular weight excluding hydrogens is 435 g/mol. The lowest BCUT2D eigenvalue weighted by atomic mass is 9.91. The molecule has 0 fully saturated rings. The van der Waals surface area contributed by atoms with Gasteiger partial charge in [0.1, 0.15) is 0 Å². The molecular formula is C26H29N2O2PS. The Bertz CT molecular complexity index is 1280. The van der Waals surface area contributed by atoms with Crippen molar-refractivity contribution in [1.29, 1.82) is 0 Å². The number of rotatable bonds is 9. The Balaban J connectivity index is 2.05. The van der Waals surface area contributed by atoms with Crippen LogP contribution in [0.15, 0.2) is 72.8 Å². The monoisotopic (exact) mass is 464 g/mol. The SMILES string of the molecule is CCNc1ccc2ccccc2c1-c1c(NP(=S)(OCC)OCC)ccc2ccccc12. The second-order valence-electron chi connectivity index (χ2n) is 7.39. The van der Waals surface area contributed by atoms with Crippen molar-refractivity contribution in [3.63, 3.8) is 0 Å². The molecule has 0 saturated carbocycles. The van der Waals surface area contributed by atoms with E-state index >= 15 is 0 Å². The highest BCUT2D eigenvalue weighted by molar-refractivity contribution is 8.10. The van der Waals surface area contributed by atoms with Crippen molar-refractivity contribution in [2.45, 2.75) is 20.8 Å². The van der Waals surface area contributed by atoms with Crippen molar-refractivity contribution in [3.05, 3.63) is 72.8 Å². The van der Waals surface area contributed by atoms with E-state index in [0.29, 0.717) is 13.2 Å². The minimum atomic E-state index is -2.69. The molecule has 4 aromatic rings. The van der Waals surface area contributed by atoms with Gasteiger partial charge in [0, 0.05) is 29.0 Å². The Kier molecular flexibility index (Phi) is 7.12. The third-order valence-electron chi connectivity index (χ3n) is 5.33. The minimum Gasteiger partial charge on any atom is -0.385 e. The Hall–Kier alpha value is -2.43. The summed E-state index contributed by atoms with van der Waals surface area (Å²) in [5.74, 6) is 0. The van der Waals surface area contributed by atoms with E-state index in [1.54, 1.807) is 0 Å². The summed E-state index contributed by atoms with van der Waals surface area (Å²) in [5.41, 5.74) is 4.26. The molecule has 0 spiro atoms. The zero-order valence-electron chi connectivity index (χ0n) is 18.7. The summed E-state index contributed by atoms with van der Waals surface area (Å²) in [7, 11) is 0. The van der Waals surface area contributed by atoms with Crippen molar-refractivity contribution in [3.8, 4) is 11.1 Å². The number of hydrogen-bond acceptors (Lipinski definition) is 4. The number of hydrogen-bond donors (Lipinski definition) is 2. The largest absolute Gasteiger partial charge is 0.385 e. The van der Waals surface area contributed by atoms with Crippen LogP contribution in [0.2, 0.25) is 0 Å². The van der Waals surface area contributed by atoms with E-state index < -0.39 is 6.64 Å². The standard InChI is InChI=1S/C26H29N2O2PS/c1-4-27-23-17-15-19-11-7-9-13-21(19)25(23)26-22-14-10-8-12-20(22)16-18-24(26)28-31(32,29-5-2)30-6-3/h7-18,27H,4-6H2,1-3H3,(H,28,32). The van der Waals surface area contributed by atoms with Crippen molar-refractivity contribution < 1.29 is 9.05 Å². The maximum atomic E-state index is 5.92. The van der Waals surface area contributed by atoms with Crippen molar-refractivity contribution >= 4 is 51.4 Å². The molecule has 4 nitrogen and oxygen atoms in total. The van der Waals surface area contributed by atoms with Gasteiger partial charge in [-0.1, -0.05) is 60.7 Å². The molecule has 0 aliphatic carbocycles. The van der Waals surface area contributed by atoms with Gasteiger partial charge in [0.05, 0.1) is 13.2 Å². The van der Waals surface area contributed by atoms with Gasteiger partial charge in [-0.05, 0) is 66.3 Å². The van der Waals surface area contributed by atoms with Crippen LogP contribution in [0.5, 0.6) is 0 Å². The van der Waals surface area contributed by atoms with E-state index in [2.05, 4.69) is 90.1 Å². The van der Waals surface area contributed by atoms with Crippen LogP contribution in [0.25, 0.3) is 32.7 Å². The topological polar surface area (TPSA) is 42.5 Å². The summed E-state index contributed by atoms with van der Waals surface area (Å²) in [4.78, 5) is 0. The van der Waals surface area contributed by atoms with Crippen molar-refractivity contribution in [1.82, 2.24) is 0 Å². The summed E-state index contributed by atoms with van der Waals surface area (Å²) in [6, 6.07) is 25.5. The lowest BCUT2D eigenvalue weighted by Crippen LogP contribution is -2.07. The van der Waals surface area contributed by atoms with Crippen molar-refractivity contribution in [2.75, 3.05) is 30.2 Å². The fraction of sp³-hybridized carbons (Fsp3) is 0.231. The molecule has 6 heteroatoms. The van der Waals surface area contributed by atoms with E-state index in [9.17, 15) is 0 Å². The fourth-order valence-electron chi connectivity index (χ4n) is 4.10. The molecule has 0 aliphatic rings. The lowest BCUT2D eigenvalue weighted by molar-refractivity contribution is 0.271. The second kappa shape index (κ2) is 10.0. The Morgan fingerprint density at radius 1 is 0.688 bits per heavy atom. The summed E-state index contributed by atoms with van der Waals surface area (Å²) < 4.78 is 11.8. The molecule has 0 aromatic heterocycles. The van der Waals surface area contributed by atoms with Crippen LogP contribution in [-0.2, 0) is 20.9 Å². The average molecular weight is 465 g/mol. The molecule has 32 heavy (non-hydrogen) atoms. The predicted molar refractivity (Wildman–Crippen MR) is 142 cm³/mol. The van der Waals surface area contributed by atoms with Gasteiger partial charge in [0.25, 0.3) is 6.64 Å². The maximum Gasteiger partial charge on any atom is 0.287 e. The Labute approximate surface area is 195 Å². The van der Waals surface area contributed by atoms with Crippen LogP contribution in [0.4, 0.5) is 11.4 Å². The van der Waals surface area contributed by atoms with Gasteiger partial charge in [0.2, 0.25) is 0 Å². The van der Waals surface area contributed by atoms with Gasteiger partial charge in [0.15, 0.2) is 0 Å². The number of benzene rings is 4. The molecule has 4 aromatic carbocycles. The molecule has 0 amide bonds. The molecule has 166 valence electrons. The van der Waals surface area contributed by atoms with E-state index in [-0.39, 0.29) is 0 Å². The molecule has 0 bridgehead atoms. The predicted octanol–water partition coefficient (Wildman–Crippen LogP) is 7.80. The molecule has 0 radical (unpaired) electrons. The van der Waals surface area contributed by atoms with Crippen LogP contribution < -0.4 is 10.4 Å². The first-order valence-electron chi connectivity index (χ1n) is 11.0. The number of anilines is 2. The maximum absolute atomic E-state index is 5.92. The van der Waals surface area contributed by atoms with Gasteiger partial charge in [-0.3, -0.25) is 0 Å². The highest BCUT2D eigenvalue weighted by Gasteiger charge is 2.23. The normalized spacial score (nSPS) is 11.7. The highest BCUT2D eigenvalue weighted by Crippen LogP contribution is 2.52. The highest BCUT2D eigenvalue weighted by atomic mass is 32.5. The molecule has 2 N–H and O–H groups in total. The first-order chi connectivity index (χ1) is 15.6. The number of nitrogens with one attached hydrogen (secondary N) is 2. The van der Waals surface area contributed by atoms with E-state index in [4.69, 9.17) is 20.9 Å². The summed E-state index contributed by atoms with van der Waals surface area (Å²) in [6.45, 7) is 5.11. The summed E-state index contributed by atoms with van der Waals surface area (Å²) in [5, 5.41) is 11.8. The average Bonchev–Trinajstić information content (AvgIpc) is 2.80. The molecule has 0 atom stereocenters. The van der Waals surface area contributed by atoms with Gasteiger partial charge in [-0.25, -0.2) is 0 Å². The second-order valence-corrected chi connectivity index (χ2v) is 10.6. The first kappa shape index (κ1) is 22.8. The Morgan fingerprint density at radius 3 is 1.72 bits per heavy atom. The van der Waals surface area contributed by atoms with Crippen LogP contribution in [0.1, 0.15) is 20.8 Å². The van der Waals surface area contributed by atoms with Crippen LogP contribution in [0, 0.1) is 0 Å². The number of fused-ring (bicyclic) bond motifs is 2. The van der Waals surface area contributed by atoms with Gasteiger partial charge < -0.3 is 19.5 Å². The van der Waals surface area contributed by atoms with Crippen LogP contribution >= 0.6 is 6.64 Å². The van der Waals surface area contributed by atoms with E-state index in [1.807, 2.05) is 13.8 Å². The van der Waals surface area contributed by atoms with E-state index in [1.165, 1.54) is 16.2 Å². The van der Waals surface area contributed by atoms with Crippen LogP contribution in [0.3, 0.4) is 0 Å². The zero-order valence-corrected chi connectivity index (χ0v) is 20.4. The first-order valence-corrected chi connectivity index (χ1v) is 13.7. The third-order valence-corrected chi connectivity index (χ3v) is 7.95. The zero-order chi connectivity index (χ0) is 22.6.